The molecule has 3 N–H and O–H groups in total. The molecule has 0 unspecified atom stereocenters. The fourth-order valence-electron chi connectivity index (χ4n) is 3.16. The van der Waals surface area contributed by atoms with E-state index in [9.17, 15) is 4.79 Å². The van der Waals surface area contributed by atoms with E-state index < -0.39 is 0 Å². The van der Waals surface area contributed by atoms with Crippen molar-refractivity contribution in [2.45, 2.75) is 46.7 Å². The summed E-state index contributed by atoms with van der Waals surface area (Å²) in [7, 11) is 0. The van der Waals surface area contributed by atoms with Crippen LogP contribution in [0.4, 0.5) is 10.5 Å². The van der Waals surface area contributed by atoms with Crippen molar-refractivity contribution < 1.29 is 9.21 Å². The molecule has 1 aromatic heterocycles. The molecule has 3 rings (SSSR count). The van der Waals surface area contributed by atoms with Crippen LogP contribution in [-0.2, 0) is 13.1 Å². The van der Waals surface area contributed by atoms with Gasteiger partial charge in [-0.2, -0.15) is 0 Å². The van der Waals surface area contributed by atoms with Crippen molar-refractivity contribution in [1.82, 2.24) is 20.5 Å². The maximum atomic E-state index is 12.3. The molecule has 0 radical (unpaired) electrons. The smallest absolute Gasteiger partial charge is 0.321 e. The van der Waals surface area contributed by atoms with E-state index in [4.69, 9.17) is 4.42 Å². The molecule has 2 amide bonds. The number of aryl methyl sites for hydroxylation is 2. The number of nitrogens with one attached hydrogen (secondary N) is 3. The van der Waals surface area contributed by atoms with Crippen molar-refractivity contribution in [2.75, 3.05) is 25.0 Å². The predicted molar refractivity (Wildman–Crippen MR) is 129 cm³/mol. The molecule has 0 saturated carbocycles. The molecule has 0 atom stereocenters. The monoisotopic (exact) mass is 526 g/mol. The standard InChI is InChI=1S/C21H30N6O2.HI/c1-4-22-20(24-14-19-25-15(2)16(3)29-19)23-13-17-8-7-9-18(12-17)26-21(28)27-10-5-6-11-27;/h7-9,12H,4-6,10-11,13-14H2,1-3H3,(H,26,28)(H2,22,23,24);1H. The highest BCUT2D eigenvalue weighted by atomic mass is 127. The number of hydrogen-bond donors (Lipinski definition) is 3. The zero-order valence-corrected chi connectivity index (χ0v) is 20.2. The molecule has 2 heterocycles. The number of carbonyl (C=O) groups is 1. The van der Waals surface area contributed by atoms with E-state index >= 15 is 0 Å². The summed E-state index contributed by atoms with van der Waals surface area (Å²) in [6.45, 7) is 9.22. The average Bonchev–Trinajstić information content (AvgIpc) is 3.35. The van der Waals surface area contributed by atoms with Gasteiger partial charge >= 0.3 is 6.03 Å². The zero-order chi connectivity index (χ0) is 20.6. The van der Waals surface area contributed by atoms with Crippen molar-refractivity contribution >= 4 is 41.7 Å². The number of guanidine groups is 1. The van der Waals surface area contributed by atoms with Gasteiger partial charge in [0.1, 0.15) is 5.76 Å². The number of aromatic nitrogens is 1. The largest absolute Gasteiger partial charge is 0.444 e. The second-order valence-electron chi connectivity index (χ2n) is 7.12. The lowest BCUT2D eigenvalue weighted by Crippen LogP contribution is -2.36. The summed E-state index contributed by atoms with van der Waals surface area (Å²) in [6.07, 6.45) is 2.16. The maximum Gasteiger partial charge on any atom is 0.321 e. The molecular weight excluding hydrogens is 495 g/mol. The number of hydrogen-bond acceptors (Lipinski definition) is 4. The van der Waals surface area contributed by atoms with Crippen LogP contribution in [0.25, 0.3) is 0 Å². The summed E-state index contributed by atoms with van der Waals surface area (Å²) >= 11 is 0. The third kappa shape index (κ3) is 6.89. The van der Waals surface area contributed by atoms with Gasteiger partial charge in [0, 0.05) is 25.3 Å². The second kappa shape index (κ2) is 11.8. The Kier molecular flexibility index (Phi) is 9.41. The van der Waals surface area contributed by atoms with Crippen molar-refractivity contribution in [3.8, 4) is 0 Å². The first-order valence-corrected chi connectivity index (χ1v) is 10.1. The van der Waals surface area contributed by atoms with Gasteiger partial charge in [-0.25, -0.2) is 14.8 Å². The third-order valence-electron chi connectivity index (χ3n) is 4.82. The molecule has 0 aliphatic carbocycles. The number of urea groups is 1. The van der Waals surface area contributed by atoms with Gasteiger partial charge in [-0.05, 0) is 51.3 Å². The molecule has 30 heavy (non-hydrogen) atoms. The summed E-state index contributed by atoms with van der Waals surface area (Å²) in [5.41, 5.74) is 2.71. The van der Waals surface area contributed by atoms with Crippen molar-refractivity contribution in [2.24, 2.45) is 4.99 Å². The summed E-state index contributed by atoms with van der Waals surface area (Å²) in [6, 6.07) is 7.76. The Hall–Kier alpha value is -2.30. The average molecular weight is 526 g/mol. The molecule has 1 aromatic carbocycles. The van der Waals surface area contributed by atoms with E-state index in [-0.39, 0.29) is 30.0 Å². The van der Waals surface area contributed by atoms with Crippen LogP contribution >= 0.6 is 24.0 Å². The summed E-state index contributed by atoms with van der Waals surface area (Å²) in [4.78, 5) is 23.1. The minimum atomic E-state index is -0.0327. The summed E-state index contributed by atoms with van der Waals surface area (Å²) in [5, 5.41) is 9.44. The quantitative estimate of drug-likeness (QED) is 0.303. The van der Waals surface area contributed by atoms with Gasteiger partial charge in [0.15, 0.2) is 5.96 Å². The number of halogens is 1. The highest BCUT2D eigenvalue weighted by Crippen LogP contribution is 2.15. The molecule has 1 saturated heterocycles. The highest BCUT2D eigenvalue weighted by Gasteiger charge is 2.17. The van der Waals surface area contributed by atoms with Crippen LogP contribution in [-0.4, -0.2) is 41.5 Å². The Morgan fingerprint density at radius 2 is 2.00 bits per heavy atom. The van der Waals surface area contributed by atoms with E-state index in [0.717, 1.165) is 55.2 Å². The van der Waals surface area contributed by atoms with Crippen LogP contribution < -0.4 is 16.0 Å². The Morgan fingerprint density at radius 3 is 2.67 bits per heavy atom. The fourth-order valence-corrected chi connectivity index (χ4v) is 3.16. The van der Waals surface area contributed by atoms with Gasteiger partial charge in [0.05, 0.1) is 18.8 Å². The van der Waals surface area contributed by atoms with Gasteiger partial charge in [0.2, 0.25) is 5.89 Å². The fraction of sp³-hybridized carbons (Fsp3) is 0.476. The lowest BCUT2D eigenvalue weighted by atomic mass is 10.2. The van der Waals surface area contributed by atoms with Crippen LogP contribution in [0.2, 0.25) is 0 Å². The van der Waals surface area contributed by atoms with Gasteiger partial charge < -0.3 is 25.3 Å². The van der Waals surface area contributed by atoms with E-state index in [1.165, 1.54) is 0 Å². The van der Waals surface area contributed by atoms with Gasteiger partial charge in [-0.15, -0.1) is 24.0 Å². The Labute approximate surface area is 194 Å². The predicted octanol–water partition coefficient (Wildman–Crippen LogP) is 3.79. The second-order valence-corrected chi connectivity index (χ2v) is 7.12. The lowest BCUT2D eigenvalue weighted by molar-refractivity contribution is 0.222. The number of carbonyl (C=O) groups excluding carboxylic acids is 1. The van der Waals surface area contributed by atoms with E-state index in [2.05, 4.69) is 25.9 Å². The van der Waals surface area contributed by atoms with Crippen LogP contribution in [0.15, 0.2) is 33.7 Å². The first kappa shape index (κ1) is 24.0. The van der Waals surface area contributed by atoms with Gasteiger partial charge in [-0.1, -0.05) is 12.1 Å². The topological polar surface area (TPSA) is 94.8 Å². The molecular formula is C21H31IN6O2. The minimum absolute atomic E-state index is 0. The third-order valence-corrected chi connectivity index (χ3v) is 4.82. The molecule has 2 aromatic rings. The number of benzene rings is 1. The molecule has 8 nitrogen and oxygen atoms in total. The number of aliphatic imine (C=N–C) groups is 1. The molecule has 164 valence electrons. The van der Waals surface area contributed by atoms with Crippen LogP contribution in [0, 0.1) is 13.8 Å². The lowest BCUT2D eigenvalue weighted by Gasteiger charge is -2.16. The van der Waals surface area contributed by atoms with Crippen molar-refractivity contribution in [3.63, 3.8) is 0 Å². The number of amides is 2. The molecule has 1 fully saturated rings. The van der Waals surface area contributed by atoms with Gasteiger partial charge in [0.25, 0.3) is 0 Å². The van der Waals surface area contributed by atoms with Gasteiger partial charge in [-0.3, -0.25) is 0 Å². The van der Waals surface area contributed by atoms with Crippen molar-refractivity contribution in [1.29, 1.82) is 0 Å². The number of oxazole rings is 1. The van der Waals surface area contributed by atoms with Crippen LogP contribution in [0.5, 0.6) is 0 Å². The Morgan fingerprint density at radius 1 is 1.23 bits per heavy atom. The maximum absolute atomic E-state index is 12.3. The van der Waals surface area contributed by atoms with E-state index in [0.29, 0.717) is 24.9 Å². The number of rotatable bonds is 6. The molecule has 0 bridgehead atoms. The first-order valence-electron chi connectivity index (χ1n) is 10.1. The SMILES string of the molecule is CCNC(=NCc1cccc(NC(=O)N2CCCC2)c1)NCc1nc(C)c(C)o1.I. The van der Waals surface area contributed by atoms with E-state index in [1.54, 1.807) is 0 Å². The van der Waals surface area contributed by atoms with Crippen LogP contribution in [0.1, 0.15) is 42.7 Å². The minimum Gasteiger partial charge on any atom is -0.444 e. The summed E-state index contributed by atoms with van der Waals surface area (Å²) < 4.78 is 5.60. The molecule has 9 heteroatoms. The molecule has 1 aliphatic heterocycles. The van der Waals surface area contributed by atoms with E-state index in [1.807, 2.05) is 49.9 Å². The molecule has 0 spiro atoms. The Balaban J connectivity index is 0.00000320. The first-order chi connectivity index (χ1) is 14.0. The number of anilines is 1. The normalized spacial score (nSPS) is 13.7. The zero-order valence-electron chi connectivity index (χ0n) is 17.8. The van der Waals surface area contributed by atoms with Crippen molar-refractivity contribution in [3.05, 3.63) is 47.2 Å². The number of nitrogens with zero attached hydrogens (tertiary/aromatic N) is 3. The highest BCUT2D eigenvalue weighted by molar-refractivity contribution is 14.0. The Bertz CT molecular complexity index is 841. The molecule has 1 aliphatic rings. The van der Waals surface area contributed by atoms with Crippen LogP contribution in [0.3, 0.4) is 0 Å². The summed E-state index contributed by atoms with van der Waals surface area (Å²) in [5.74, 6) is 2.15. The number of likely N-dealkylation sites (tertiary alicyclic amines) is 1.